The number of hydrogen-bond acceptors (Lipinski definition) is 6. The van der Waals surface area contributed by atoms with Gasteiger partial charge in [0.05, 0.1) is 19.7 Å². The van der Waals surface area contributed by atoms with Crippen molar-refractivity contribution >= 4 is 111 Å². The Hall–Kier alpha value is -1.01. The third-order valence-corrected chi connectivity index (χ3v) is 12.7. The number of nitrogens with zero attached hydrogens (tertiary/aromatic N) is 1. The average molecular weight is 560 g/mol. The predicted molar refractivity (Wildman–Crippen MR) is 210 cm³/mol. The second kappa shape index (κ2) is 10.8. The van der Waals surface area contributed by atoms with E-state index in [2.05, 4.69) is 113 Å². The maximum Gasteiger partial charge on any atom is 0.322 e. The van der Waals surface area contributed by atoms with Gasteiger partial charge in [0.25, 0.3) is 0 Å². The number of benzene rings is 1. The van der Waals surface area contributed by atoms with Crippen LogP contribution in [-0.2, 0) is 14.7 Å². The summed E-state index contributed by atoms with van der Waals surface area (Å²) in [6.07, 6.45) is 0.890. The van der Waals surface area contributed by atoms with E-state index in [0.29, 0.717) is 5.92 Å². The average Bonchev–Trinajstić information content (AvgIpc) is 2.84. The standard InChI is InChI=1S/C24H50B12N2O4/c1-8(2)7-19(27)22(32,42-18(39)14(37)9(3)4)21(30,31)17-10-11(13(26)16(41-6)15(40-5)12(10)25)20(28,29)24(35,36)38(17)23(19,33)34/h8-9,14,17H,7,25-37H2,1-6H3/t14-,17?,19?,22?/m0/s1. The Kier molecular flexibility index (Phi) is 9.13. The van der Waals surface area contributed by atoms with E-state index >= 15 is 0 Å². The fourth-order valence-electron chi connectivity index (χ4n) is 9.24. The second-order valence-corrected chi connectivity index (χ2v) is 16.5. The molecule has 0 saturated carbocycles. The molecule has 1 aromatic carbocycles. The Morgan fingerprint density at radius 2 is 1.33 bits per heavy atom. The monoisotopic (exact) mass is 562 g/mol. The summed E-state index contributed by atoms with van der Waals surface area (Å²) < 4.78 is 18.9. The van der Waals surface area contributed by atoms with Crippen LogP contribution in [0.15, 0.2) is 0 Å². The van der Waals surface area contributed by atoms with Crippen LogP contribution in [0.5, 0.6) is 11.5 Å². The molecule has 2 aliphatic heterocycles. The zero-order chi connectivity index (χ0) is 32.8. The number of piperidine rings is 1. The number of nitrogens with two attached hydrogens (primary N) is 1. The van der Waals surface area contributed by atoms with Gasteiger partial charge in [0, 0.05) is 6.04 Å². The highest BCUT2D eigenvalue weighted by Crippen LogP contribution is 2.71. The molecule has 3 unspecified atom stereocenters. The molecule has 216 valence electrons. The van der Waals surface area contributed by atoms with Crippen LogP contribution in [0.3, 0.4) is 0 Å². The van der Waals surface area contributed by atoms with Gasteiger partial charge in [-0.2, -0.15) is 0 Å². The molecule has 2 aliphatic rings. The molecule has 0 aromatic heterocycles. The highest BCUT2D eigenvalue weighted by molar-refractivity contribution is 6.59. The lowest BCUT2D eigenvalue weighted by Gasteiger charge is -2.79. The molecule has 18 heteroatoms. The zero-order valence-electron chi connectivity index (χ0n) is 30.2. The molecule has 6 nitrogen and oxygen atoms in total. The molecule has 42 heavy (non-hydrogen) atoms. The first-order chi connectivity index (χ1) is 18.9. The summed E-state index contributed by atoms with van der Waals surface area (Å²) >= 11 is 0. The lowest BCUT2D eigenvalue weighted by atomic mass is 9.16. The van der Waals surface area contributed by atoms with Crippen LogP contribution in [0.1, 0.15) is 51.3 Å². The van der Waals surface area contributed by atoms with E-state index in [0.717, 1.165) is 28.8 Å². The fourth-order valence-corrected chi connectivity index (χ4v) is 9.24. The van der Waals surface area contributed by atoms with Gasteiger partial charge < -0.3 is 24.8 Å². The van der Waals surface area contributed by atoms with Crippen molar-refractivity contribution in [2.45, 2.75) is 78.1 Å². The molecule has 2 heterocycles. The van der Waals surface area contributed by atoms with Crippen LogP contribution in [0.25, 0.3) is 0 Å². The first-order valence-corrected chi connectivity index (χ1v) is 15.9. The lowest BCUT2D eigenvalue weighted by Crippen LogP contribution is -2.85. The van der Waals surface area contributed by atoms with Crippen molar-refractivity contribution in [2.75, 3.05) is 14.2 Å². The first-order valence-electron chi connectivity index (χ1n) is 15.9. The molecule has 2 N–H and O–H groups in total. The number of carbonyl (C=O) groups is 1. The molecule has 0 radical (unpaired) electrons. The number of fused-ring (bicyclic) bond motifs is 3. The van der Waals surface area contributed by atoms with Gasteiger partial charge in [0.1, 0.15) is 92.4 Å². The van der Waals surface area contributed by atoms with E-state index in [1.807, 2.05) is 13.8 Å². The SMILES string of the molecule is Bc1c(OC)c(OC)c(B)c2c1C1N(C(B)(B)C2(B)B)C(B)(B)C(B)(CC(C)C)C(B)(OC(=O)[C@@H](N)C(C)C)C1(B)B. The van der Waals surface area contributed by atoms with Crippen LogP contribution in [0.2, 0.25) is 10.5 Å². The minimum Gasteiger partial charge on any atom is -0.493 e. The second-order valence-electron chi connectivity index (χ2n) is 16.5. The minimum atomic E-state index is -0.860. The quantitative estimate of drug-likeness (QED) is 0.264. The third kappa shape index (κ3) is 4.41. The Labute approximate surface area is 266 Å². The van der Waals surface area contributed by atoms with Gasteiger partial charge in [-0.15, -0.1) is 0 Å². The van der Waals surface area contributed by atoms with Crippen molar-refractivity contribution in [2.24, 2.45) is 17.6 Å². The van der Waals surface area contributed by atoms with Crippen LogP contribution in [-0.4, -0.2) is 141 Å². The molecule has 1 fully saturated rings. The van der Waals surface area contributed by atoms with Crippen LogP contribution >= 0.6 is 0 Å². The molecule has 1 aromatic rings. The number of methoxy groups -OCH3 is 2. The molecule has 1 saturated heterocycles. The smallest absolute Gasteiger partial charge is 0.322 e. The van der Waals surface area contributed by atoms with Gasteiger partial charge >= 0.3 is 5.97 Å². The fraction of sp³-hybridized carbons (Fsp3) is 0.708. The van der Waals surface area contributed by atoms with Crippen molar-refractivity contribution in [1.29, 1.82) is 0 Å². The number of ether oxygens (including phenoxy) is 3. The van der Waals surface area contributed by atoms with Crippen molar-refractivity contribution in [3.63, 3.8) is 0 Å². The summed E-state index contributed by atoms with van der Waals surface area (Å²) in [6, 6.07) is -0.776. The zero-order valence-corrected chi connectivity index (χ0v) is 30.2. The molecule has 4 atom stereocenters. The molecule has 3 rings (SSSR count). The highest BCUT2D eigenvalue weighted by atomic mass is 16.6. The molecule has 0 spiro atoms. The van der Waals surface area contributed by atoms with E-state index in [4.69, 9.17) is 19.9 Å². The molecule has 0 amide bonds. The summed E-state index contributed by atoms with van der Waals surface area (Å²) in [6.45, 7) is 8.50. The Bertz CT molecular complexity index is 1260. The van der Waals surface area contributed by atoms with Crippen LogP contribution in [0.4, 0.5) is 0 Å². The van der Waals surface area contributed by atoms with Gasteiger partial charge in [-0.05, 0) is 55.9 Å². The normalized spacial score (nSPS) is 29.7. The topological polar surface area (TPSA) is 74.0 Å². The van der Waals surface area contributed by atoms with E-state index in [1.165, 1.54) is 11.1 Å². The Morgan fingerprint density at radius 3 is 1.76 bits per heavy atom. The number of rotatable bonds is 7. The van der Waals surface area contributed by atoms with Gasteiger partial charge in [-0.1, -0.05) is 38.5 Å². The van der Waals surface area contributed by atoms with E-state index in [9.17, 15) is 4.79 Å². The summed E-state index contributed by atoms with van der Waals surface area (Å²) in [5.74, 6) is 1.61. The van der Waals surface area contributed by atoms with Crippen molar-refractivity contribution in [3.05, 3.63) is 11.1 Å². The van der Waals surface area contributed by atoms with Gasteiger partial charge in [-0.3, -0.25) is 4.79 Å². The maximum atomic E-state index is 13.9. The Morgan fingerprint density at radius 1 is 0.857 bits per heavy atom. The van der Waals surface area contributed by atoms with Crippen molar-refractivity contribution in [3.8, 4) is 11.5 Å². The number of esters is 1. The van der Waals surface area contributed by atoms with Gasteiger partial charge in [-0.25, -0.2) is 0 Å². The number of carbonyl (C=O) groups excluding carboxylic acids is 1. The highest BCUT2D eigenvalue weighted by Gasteiger charge is 2.73. The van der Waals surface area contributed by atoms with Gasteiger partial charge in [0.2, 0.25) is 0 Å². The van der Waals surface area contributed by atoms with Crippen molar-refractivity contribution in [1.82, 2.24) is 4.90 Å². The van der Waals surface area contributed by atoms with Crippen molar-refractivity contribution < 1.29 is 19.0 Å². The molecular weight excluding hydrogens is 510 g/mol. The summed E-state index contributed by atoms with van der Waals surface area (Å²) in [7, 11) is 31.2. The minimum absolute atomic E-state index is 0.0228. The molecule has 0 aliphatic carbocycles. The molecular formula is C24H50B12N2O4. The van der Waals surface area contributed by atoms with E-state index in [-0.39, 0.29) is 33.8 Å². The lowest BCUT2D eigenvalue weighted by molar-refractivity contribution is -0.173. The van der Waals surface area contributed by atoms with E-state index < -0.39 is 22.1 Å². The van der Waals surface area contributed by atoms with Crippen LogP contribution < -0.4 is 26.1 Å². The van der Waals surface area contributed by atoms with Crippen LogP contribution in [0, 0.1) is 11.8 Å². The summed E-state index contributed by atoms with van der Waals surface area (Å²) in [4.78, 5) is 16.7. The first kappa shape index (κ1) is 35.5. The maximum absolute atomic E-state index is 13.9. The Balaban J connectivity index is 2.59. The predicted octanol–water partition coefficient (Wildman–Crippen LogP) is -10.1. The summed E-state index contributed by atoms with van der Waals surface area (Å²) in [5.41, 5.74) is 10.4. The van der Waals surface area contributed by atoms with Gasteiger partial charge in [0.15, 0.2) is 19.3 Å². The molecule has 0 bridgehead atoms. The summed E-state index contributed by atoms with van der Waals surface area (Å²) in [5, 5.41) is -1.87. The number of hydrogen-bond donors (Lipinski definition) is 1. The largest absolute Gasteiger partial charge is 0.493 e. The third-order valence-electron chi connectivity index (χ3n) is 12.7. The van der Waals surface area contributed by atoms with E-state index in [1.54, 1.807) is 14.2 Å².